The van der Waals surface area contributed by atoms with E-state index in [1.54, 1.807) is 6.92 Å². The summed E-state index contributed by atoms with van der Waals surface area (Å²) in [5.41, 5.74) is 0.287. The van der Waals surface area contributed by atoms with E-state index >= 15 is 0 Å². The van der Waals surface area contributed by atoms with Crippen molar-refractivity contribution in [1.82, 2.24) is 15.2 Å². The summed E-state index contributed by atoms with van der Waals surface area (Å²) in [4.78, 5) is 25.9. The fourth-order valence-corrected chi connectivity index (χ4v) is 1.79. The monoisotopic (exact) mass is 279 g/mol. The first kappa shape index (κ1) is 12.9. The third kappa shape index (κ3) is 3.45. The van der Waals surface area contributed by atoms with Crippen molar-refractivity contribution in [1.29, 1.82) is 0 Å². The number of aromatic carboxylic acids is 1. The highest BCUT2D eigenvalue weighted by molar-refractivity contribution is 7.15. The van der Waals surface area contributed by atoms with Crippen LogP contribution in [0, 0.1) is 6.92 Å². The van der Waals surface area contributed by atoms with Gasteiger partial charge in [0.15, 0.2) is 0 Å². The number of hydrogen-bond donors (Lipinski definition) is 3. The van der Waals surface area contributed by atoms with Gasteiger partial charge in [0.1, 0.15) is 10.7 Å². The highest BCUT2D eigenvalue weighted by Crippen LogP contribution is 2.14. The average Bonchev–Trinajstić information content (AvgIpc) is 2.75. The van der Waals surface area contributed by atoms with E-state index < -0.39 is 12.0 Å². The Morgan fingerprint density at radius 1 is 1.26 bits per heavy atom. The number of anilines is 2. The molecule has 2 aromatic heterocycles. The maximum Gasteiger partial charge on any atom is 0.354 e. The molecule has 0 bridgehead atoms. The maximum atomic E-state index is 11.6. The van der Waals surface area contributed by atoms with Crippen molar-refractivity contribution in [3.05, 3.63) is 29.0 Å². The third-order valence-corrected chi connectivity index (χ3v) is 2.74. The van der Waals surface area contributed by atoms with Gasteiger partial charge in [0, 0.05) is 0 Å². The van der Waals surface area contributed by atoms with Gasteiger partial charge in [-0.15, -0.1) is 10.2 Å². The second-order valence-electron chi connectivity index (χ2n) is 3.44. The molecule has 0 saturated heterocycles. The molecule has 0 aliphatic carbocycles. The number of carbonyl (C=O) groups is 2. The number of aromatic nitrogens is 3. The summed E-state index contributed by atoms with van der Waals surface area (Å²) in [6.45, 7) is 1.77. The molecule has 9 heteroatoms. The minimum Gasteiger partial charge on any atom is -0.477 e. The molecular weight excluding hydrogens is 270 g/mol. The minimum absolute atomic E-state index is 0.0919. The number of hydrogen-bond acceptors (Lipinski definition) is 6. The number of carbonyl (C=O) groups excluding carboxylic acids is 1. The summed E-state index contributed by atoms with van der Waals surface area (Å²) in [6.07, 6.45) is 1.26. The minimum atomic E-state index is -1.12. The largest absolute Gasteiger partial charge is 0.477 e. The Kier molecular flexibility index (Phi) is 3.66. The van der Waals surface area contributed by atoms with Crippen LogP contribution in [-0.4, -0.2) is 32.3 Å². The van der Waals surface area contributed by atoms with Gasteiger partial charge in [0.25, 0.3) is 0 Å². The van der Waals surface area contributed by atoms with Crippen molar-refractivity contribution >= 4 is 34.2 Å². The summed E-state index contributed by atoms with van der Waals surface area (Å²) in [5, 5.41) is 22.3. The molecule has 3 N–H and O–H groups in total. The van der Waals surface area contributed by atoms with Gasteiger partial charge in [0.2, 0.25) is 5.13 Å². The van der Waals surface area contributed by atoms with Crippen molar-refractivity contribution in [2.45, 2.75) is 6.92 Å². The van der Waals surface area contributed by atoms with E-state index in [0.717, 1.165) is 5.01 Å². The molecule has 8 nitrogen and oxygen atoms in total. The number of urea groups is 1. The molecule has 0 saturated carbocycles. The van der Waals surface area contributed by atoms with Crippen LogP contribution in [0.25, 0.3) is 0 Å². The number of carboxylic acid groups (broad SMARTS) is 1. The van der Waals surface area contributed by atoms with Crippen LogP contribution in [0.3, 0.4) is 0 Å². The molecular formula is C10H9N5O3S. The Balaban J connectivity index is 1.97. The van der Waals surface area contributed by atoms with Crippen molar-refractivity contribution in [3.8, 4) is 0 Å². The van der Waals surface area contributed by atoms with Crippen molar-refractivity contribution in [2.75, 3.05) is 10.6 Å². The first-order chi connectivity index (χ1) is 9.04. The molecule has 0 aliphatic heterocycles. The lowest BCUT2D eigenvalue weighted by Crippen LogP contribution is -2.19. The quantitative estimate of drug-likeness (QED) is 0.785. The molecule has 0 unspecified atom stereocenters. The molecule has 19 heavy (non-hydrogen) atoms. The first-order valence-electron chi connectivity index (χ1n) is 5.12. The zero-order valence-corrected chi connectivity index (χ0v) is 10.6. The van der Waals surface area contributed by atoms with Gasteiger partial charge in [-0.3, -0.25) is 5.32 Å². The van der Waals surface area contributed by atoms with Gasteiger partial charge in [0.05, 0.1) is 11.9 Å². The Morgan fingerprint density at radius 3 is 2.58 bits per heavy atom. The van der Waals surface area contributed by atoms with E-state index in [1.165, 1.54) is 29.7 Å². The zero-order chi connectivity index (χ0) is 13.8. The normalized spacial score (nSPS) is 9.95. The molecule has 2 rings (SSSR count). The summed E-state index contributed by atoms with van der Waals surface area (Å²) in [5.74, 6) is -1.12. The first-order valence-corrected chi connectivity index (χ1v) is 5.93. The van der Waals surface area contributed by atoms with Gasteiger partial charge in [-0.1, -0.05) is 11.3 Å². The maximum absolute atomic E-state index is 11.6. The Hall–Kier alpha value is -2.55. The van der Waals surface area contributed by atoms with E-state index in [0.29, 0.717) is 10.8 Å². The van der Waals surface area contributed by atoms with Gasteiger partial charge < -0.3 is 10.4 Å². The van der Waals surface area contributed by atoms with Crippen LogP contribution in [0.4, 0.5) is 15.6 Å². The van der Waals surface area contributed by atoms with Gasteiger partial charge in [-0.05, 0) is 19.1 Å². The number of nitrogens with zero attached hydrogens (tertiary/aromatic N) is 3. The lowest BCUT2D eigenvalue weighted by molar-refractivity contribution is 0.0690. The van der Waals surface area contributed by atoms with Crippen LogP contribution in [-0.2, 0) is 0 Å². The van der Waals surface area contributed by atoms with Gasteiger partial charge in [-0.2, -0.15) is 0 Å². The number of pyridine rings is 1. The molecule has 98 valence electrons. The summed E-state index contributed by atoms with van der Waals surface area (Å²) in [6, 6.07) is 2.25. The second kappa shape index (κ2) is 5.40. The SMILES string of the molecule is Cc1nnc(NC(=O)Nc2ccc(C(=O)O)nc2)s1. The Morgan fingerprint density at radius 2 is 2.05 bits per heavy atom. The lowest BCUT2D eigenvalue weighted by Gasteiger charge is -2.04. The van der Waals surface area contributed by atoms with E-state index in [2.05, 4.69) is 25.8 Å². The fourth-order valence-electron chi connectivity index (χ4n) is 1.20. The number of aryl methyl sites for hydroxylation is 1. The van der Waals surface area contributed by atoms with Crippen LogP contribution in [0.5, 0.6) is 0 Å². The molecule has 2 aromatic rings. The lowest BCUT2D eigenvalue weighted by atomic mass is 10.3. The van der Waals surface area contributed by atoms with Crippen LogP contribution in [0.15, 0.2) is 18.3 Å². The molecule has 0 aliphatic rings. The smallest absolute Gasteiger partial charge is 0.354 e. The van der Waals surface area contributed by atoms with Crippen LogP contribution in [0.1, 0.15) is 15.5 Å². The number of rotatable bonds is 3. The molecule has 0 radical (unpaired) electrons. The second-order valence-corrected chi connectivity index (χ2v) is 4.62. The fraction of sp³-hybridized carbons (Fsp3) is 0.100. The van der Waals surface area contributed by atoms with Crippen LogP contribution < -0.4 is 10.6 Å². The van der Waals surface area contributed by atoms with Crippen LogP contribution in [0.2, 0.25) is 0 Å². The predicted molar refractivity (Wildman–Crippen MR) is 68.5 cm³/mol. The van der Waals surface area contributed by atoms with Crippen molar-refractivity contribution in [2.24, 2.45) is 0 Å². The highest BCUT2D eigenvalue weighted by Gasteiger charge is 2.08. The Labute approximate surface area is 111 Å². The van der Waals surface area contributed by atoms with E-state index in [4.69, 9.17) is 5.11 Å². The molecule has 0 fully saturated rings. The molecule has 0 atom stereocenters. The zero-order valence-electron chi connectivity index (χ0n) is 9.75. The average molecular weight is 279 g/mol. The Bertz CT molecular complexity index is 610. The topological polar surface area (TPSA) is 117 Å². The summed E-state index contributed by atoms with van der Waals surface area (Å²) < 4.78 is 0. The third-order valence-electron chi connectivity index (χ3n) is 1.99. The van der Waals surface area contributed by atoms with Gasteiger partial charge >= 0.3 is 12.0 Å². The van der Waals surface area contributed by atoms with Crippen molar-refractivity contribution < 1.29 is 14.7 Å². The molecule has 2 amide bonds. The standard InChI is InChI=1S/C10H9N5O3S/c1-5-14-15-10(19-5)13-9(18)12-6-2-3-7(8(16)17)11-4-6/h2-4H,1H3,(H,16,17)(H2,12,13,15,18). The van der Waals surface area contributed by atoms with Crippen LogP contribution >= 0.6 is 11.3 Å². The molecule has 0 aromatic carbocycles. The summed E-state index contributed by atoms with van der Waals surface area (Å²) in [7, 11) is 0. The molecule has 0 spiro atoms. The molecule has 2 heterocycles. The van der Waals surface area contributed by atoms with E-state index in [1.807, 2.05) is 0 Å². The van der Waals surface area contributed by atoms with E-state index in [9.17, 15) is 9.59 Å². The predicted octanol–water partition coefficient (Wildman–Crippen LogP) is 1.58. The van der Waals surface area contributed by atoms with Gasteiger partial charge in [-0.25, -0.2) is 14.6 Å². The number of amides is 2. The number of carboxylic acids is 1. The highest BCUT2D eigenvalue weighted by atomic mass is 32.1. The number of nitrogens with one attached hydrogen (secondary N) is 2. The summed E-state index contributed by atoms with van der Waals surface area (Å²) >= 11 is 1.25. The van der Waals surface area contributed by atoms with E-state index in [-0.39, 0.29) is 5.69 Å². The van der Waals surface area contributed by atoms with Crippen molar-refractivity contribution in [3.63, 3.8) is 0 Å².